The number of amides is 4. The lowest BCUT2D eigenvalue weighted by Gasteiger charge is -2.38. The maximum absolute atomic E-state index is 13.3. The standard InChI is InChI=1S/C18H21FN6O3/c1-17(2,3)18(15(27)22-16(28)23-18)10-20-14(26)13-8-21-25(24-13)9-11-5-4-6-12(19)7-11/h4-8H,9-10H2,1-3H3,(H,20,26)(H2,22,23,27,28). The van der Waals surface area contributed by atoms with Crippen molar-refractivity contribution in [1.29, 1.82) is 0 Å². The molecule has 28 heavy (non-hydrogen) atoms. The summed E-state index contributed by atoms with van der Waals surface area (Å²) < 4.78 is 13.3. The van der Waals surface area contributed by atoms with Crippen LogP contribution in [-0.2, 0) is 11.3 Å². The van der Waals surface area contributed by atoms with Crippen molar-refractivity contribution < 1.29 is 18.8 Å². The number of hydrogen-bond acceptors (Lipinski definition) is 5. The van der Waals surface area contributed by atoms with Crippen molar-refractivity contribution in [2.75, 3.05) is 6.54 Å². The van der Waals surface area contributed by atoms with E-state index in [4.69, 9.17) is 0 Å². The predicted molar refractivity (Wildman–Crippen MR) is 96.7 cm³/mol. The first kappa shape index (κ1) is 19.5. The molecule has 1 aliphatic heterocycles. The topological polar surface area (TPSA) is 118 Å². The molecule has 0 aliphatic carbocycles. The Morgan fingerprint density at radius 3 is 2.68 bits per heavy atom. The van der Waals surface area contributed by atoms with Crippen LogP contribution in [0.4, 0.5) is 9.18 Å². The van der Waals surface area contributed by atoms with Crippen LogP contribution in [0, 0.1) is 11.2 Å². The minimum atomic E-state index is -1.28. The van der Waals surface area contributed by atoms with E-state index < -0.39 is 28.8 Å². The fourth-order valence-electron chi connectivity index (χ4n) is 2.99. The molecule has 4 amide bonds. The molecule has 2 aromatic rings. The average molecular weight is 388 g/mol. The molecule has 0 saturated carbocycles. The van der Waals surface area contributed by atoms with Crippen LogP contribution in [0.1, 0.15) is 36.8 Å². The minimum Gasteiger partial charge on any atom is -0.348 e. The number of nitrogens with one attached hydrogen (secondary N) is 3. The van der Waals surface area contributed by atoms with Crippen LogP contribution in [0.25, 0.3) is 0 Å². The zero-order valence-electron chi connectivity index (χ0n) is 15.7. The third kappa shape index (κ3) is 3.71. The van der Waals surface area contributed by atoms with E-state index in [9.17, 15) is 18.8 Å². The number of rotatable bonds is 5. The Morgan fingerprint density at radius 2 is 2.07 bits per heavy atom. The third-order valence-electron chi connectivity index (χ3n) is 4.72. The lowest BCUT2D eigenvalue weighted by Crippen LogP contribution is -2.63. The summed E-state index contributed by atoms with van der Waals surface area (Å²) in [6.45, 7) is 5.47. The minimum absolute atomic E-state index is 0.0465. The number of carbonyl (C=O) groups is 3. The van der Waals surface area contributed by atoms with Crippen LogP contribution >= 0.6 is 0 Å². The number of urea groups is 1. The molecule has 3 rings (SSSR count). The smallest absolute Gasteiger partial charge is 0.322 e. The maximum atomic E-state index is 13.3. The molecule has 1 atom stereocenters. The predicted octanol–water partition coefficient (Wildman–Crippen LogP) is 0.820. The van der Waals surface area contributed by atoms with Gasteiger partial charge < -0.3 is 10.6 Å². The Morgan fingerprint density at radius 1 is 1.32 bits per heavy atom. The van der Waals surface area contributed by atoms with Crippen molar-refractivity contribution in [3.8, 4) is 0 Å². The van der Waals surface area contributed by atoms with E-state index >= 15 is 0 Å². The van der Waals surface area contributed by atoms with E-state index in [-0.39, 0.29) is 24.6 Å². The van der Waals surface area contributed by atoms with Crippen molar-refractivity contribution in [2.45, 2.75) is 32.9 Å². The number of imide groups is 1. The first-order chi connectivity index (χ1) is 13.1. The Labute approximate surface area is 160 Å². The Bertz CT molecular complexity index is 935. The van der Waals surface area contributed by atoms with Gasteiger partial charge in [0.05, 0.1) is 19.3 Å². The number of carbonyl (C=O) groups excluding carboxylic acids is 3. The number of benzene rings is 1. The monoisotopic (exact) mass is 388 g/mol. The van der Waals surface area contributed by atoms with Crippen LogP contribution < -0.4 is 16.0 Å². The summed E-state index contributed by atoms with van der Waals surface area (Å²) in [6.07, 6.45) is 1.28. The van der Waals surface area contributed by atoms with E-state index in [0.29, 0.717) is 5.56 Å². The highest BCUT2D eigenvalue weighted by Gasteiger charge is 2.54. The summed E-state index contributed by atoms with van der Waals surface area (Å²) in [5.74, 6) is -1.41. The highest BCUT2D eigenvalue weighted by molar-refractivity contribution is 6.08. The van der Waals surface area contributed by atoms with Gasteiger partial charge in [-0.05, 0) is 23.1 Å². The Balaban J connectivity index is 1.69. The molecule has 2 heterocycles. The summed E-state index contributed by atoms with van der Waals surface area (Å²) in [5, 5.41) is 15.6. The summed E-state index contributed by atoms with van der Waals surface area (Å²) in [7, 11) is 0. The Kier molecular flexibility index (Phi) is 4.88. The molecule has 0 spiro atoms. The highest BCUT2D eigenvalue weighted by atomic mass is 19.1. The van der Waals surface area contributed by atoms with Gasteiger partial charge in [-0.3, -0.25) is 14.9 Å². The molecule has 1 aromatic heterocycles. The molecule has 148 valence electrons. The van der Waals surface area contributed by atoms with E-state index in [1.54, 1.807) is 32.9 Å². The van der Waals surface area contributed by atoms with Gasteiger partial charge in [-0.1, -0.05) is 32.9 Å². The van der Waals surface area contributed by atoms with Crippen molar-refractivity contribution in [3.05, 3.63) is 47.5 Å². The van der Waals surface area contributed by atoms with Crippen LogP contribution in [0.5, 0.6) is 0 Å². The van der Waals surface area contributed by atoms with Crippen LogP contribution in [0.3, 0.4) is 0 Å². The van der Waals surface area contributed by atoms with Gasteiger partial charge in [0.15, 0.2) is 5.69 Å². The lowest BCUT2D eigenvalue weighted by atomic mass is 9.73. The fraction of sp³-hybridized carbons (Fsp3) is 0.389. The van der Waals surface area contributed by atoms with E-state index in [1.165, 1.54) is 23.1 Å². The molecule has 1 saturated heterocycles. The van der Waals surface area contributed by atoms with Gasteiger partial charge in [-0.25, -0.2) is 9.18 Å². The van der Waals surface area contributed by atoms with E-state index in [2.05, 4.69) is 26.1 Å². The van der Waals surface area contributed by atoms with Crippen LogP contribution in [-0.4, -0.2) is 44.9 Å². The maximum Gasteiger partial charge on any atom is 0.322 e. The van der Waals surface area contributed by atoms with Crippen LogP contribution in [0.2, 0.25) is 0 Å². The fourth-order valence-corrected chi connectivity index (χ4v) is 2.99. The molecule has 1 aliphatic rings. The highest BCUT2D eigenvalue weighted by Crippen LogP contribution is 2.32. The number of halogens is 1. The van der Waals surface area contributed by atoms with Crippen molar-refractivity contribution in [1.82, 2.24) is 30.9 Å². The summed E-state index contributed by atoms with van der Waals surface area (Å²) in [4.78, 5) is 37.7. The molecule has 0 bridgehead atoms. The van der Waals surface area contributed by atoms with Gasteiger partial charge in [0, 0.05) is 0 Å². The third-order valence-corrected chi connectivity index (χ3v) is 4.72. The first-order valence-corrected chi connectivity index (χ1v) is 8.67. The van der Waals surface area contributed by atoms with Gasteiger partial charge in [0.2, 0.25) is 0 Å². The van der Waals surface area contributed by atoms with Gasteiger partial charge in [-0.2, -0.15) is 9.90 Å². The van der Waals surface area contributed by atoms with E-state index in [0.717, 1.165) is 0 Å². The van der Waals surface area contributed by atoms with Crippen molar-refractivity contribution in [2.24, 2.45) is 5.41 Å². The number of nitrogens with zero attached hydrogens (tertiary/aromatic N) is 3. The molecular weight excluding hydrogens is 367 g/mol. The quantitative estimate of drug-likeness (QED) is 0.656. The molecular formula is C18H21FN6O3. The number of aromatic nitrogens is 3. The second kappa shape index (κ2) is 7.02. The van der Waals surface area contributed by atoms with E-state index in [1.807, 2.05) is 0 Å². The summed E-state index contributed by atoms with van der Waals surface area (Å²) in [5.41, 5.74) is -1.23. The molecule has 10 heteroatoms. The molecule has 1 unspecified atom stereocenters. The number of hydrogen-bond donors (Lipinski definition) is 3. The Hall–Kier alpha value is -3.30. The zero-order valence-corrected chi connectivity index (χ0v) is 15.7. The van der Waals surface area contributed by atoms with Crippen molar-refractivity contribution in [3.63, 3.8) is 0 Å². The average Bonchev–Trinajstić information content (AvgIpc) is 3.17. The molecule has 1 aromatic carbocycles. The summed E-state index contributed by atoms with van der Waals surface area (Å²) in [6, 6.07) is 5.39. The molecule has 3 N–H and O–H groups in total. The van der Waals surface area contributed by atoms with Gasteiger partial charge in [-0.15, -0.1) is 5.10 Å². The molecule has 0 radical (unpaired) electrons. The molecule has 9 nitrogen and oxygen atoms in total. The second-order valence-corrected chi connectivity index (χ2v) is 7.64. The van der Waals surface area contributed by atoms with Gasteiger partial charge in [0.1, 0.15) is 11.4 Å². The summed E-state index contributed by atoms with van der Waals surface area (Å²) >= 11 is 0. The largest absolute Gasteiger partial charge is 0.348 e. The van der Waals surface area contributed by atoms with Crippen LogP contribution in [0.15, 0.2) is 30.5 Å². The van der Waals surface area contributed by atoms with Gasteiger partial charge >= 0.3 is 6.03 Å². The first-order valence-electron chi connectivity index (χ1n) is 8.67. The van der Waals surface area contributed by atoms with Crippen molar-refractivity contribution >= 4 is 17.8 Å². The molecule has 1 fully saturated rings. The van der Waals surface area contributed by atoms with Gasteiger partial charge in [0.25, 0.3) is 11.8 Å². The second-order valence-electron chi connectivity index (χ2n) is 7.64. The zero-order chi connectivity index (χ0) is 20.5. The normalized spacial score (nSPS) is 19.3. The SMILES string of the molecule is CC(C)(C)C1(CNC(=O)c2cnn(Cc3cccc(F)c3)n2)NC(=O)NC1=O. The lowest BCUT2D eigenvalue weighted by molar-refractivity contribution is -0.127.